The first-order valence-electron chi connectivity index (χ1n) is 10.9. The second-order valence-corrected chi connectivity index (χ2v) is 8.16. The van der Waals surface area contributed by atoms with Crippen LogP contribution in [0.3, 0.4) is 0 Å². The van der Waals surface area contributed by atoms with Crippen LogP contribution in [-0.4, -0.2) is 62.6 Å². The molecule has 0 radical (unpaired) electrons. The van der Waals surface area contributed by atoms with Crippen LogP contribution in [0.15, 0.2) is 47.5 Å². The number of nitrogens with zero attached hydrogens (tertiary/aromatic N) is 3. The third-order valence-corrected chi connectivity index (χ3v) is 5.59. The molecule has 0 saturated carbocycles. The van der Waals surface area contributed by atoms with E-state index >= 15 is 0 Å². The molecule has 2 aromatic rings. The standard InChI is InChI=1S/C24H33F2N5O/c1-18-4-9-22(32-23(25)26)21(14-18)16-29-24(27-2)28-15-19-5-7-20(8-6-19)17-31-12-10-30(3)11-13-31/h4-9,14,23H,10-13,15-17H2,1-3H3,(H2,27,28,29). The van der Waals surface area contributed by atoms with Gasteiger partial charge in [-0.05, 0) is 31.2 Å². The first-order valence-corrected chi connectivity index (χ1v) is 10.9. The van der Waals surface area contributed by atoms with Crippen LogP contribution in [0.5, 0.6) is 5.75 Å². The summed E-state index contributed by atoms with van der Waals surface area (Å²) in [6, 6.07) is 13.7. The third-order valence-electron chi connectivity index (χ3n) is 5.59. The lowest BCUT2D eigenvalue weighted by Crippen LogP contribution is -2.43. The maximum absolute atomic E-state index is 12.7. The number of aryl methyl sites for hydroxylation is 1. The molecular weight excluding hydrogens is 412 g/mol. The van der Waals surface area contributed by atoms with E-state index in [1.807, 2.05) is 13.0 Å². The highest BCUT2D eigenvalue weighted by Crippen LogP contribution is 2.22. The highest BCUT2D eigenvalue weighted by atomic mass is 19.3. The Kier molecular flexibility index (Phi) is 8.81. The summed E-state index contributed by atoms with van der Waals surface area (Å²) in [5.74, 6) is 0.764. The quantitative estimate of drug-likeness (QED) is 0.483. The van der Waals surface area contributed by atoms with Crippen molar-refractivity contribution >= 4 is 5.96 Å². The Balaban J connectivity index is 1.49. The first kappa shape index (κ1) is 23.9. The van der Waals surface area contributed by atoms with Gasteiger partial charge < -0.3 is 20.3 Å². The van der Waals surface area contributed by atoms with Crippen LogP contribution >= 0.6 is 0 Å². The van der Waals surface area contributed by atoms with E-state index in [9.17, 15) is 8.78 Å². The van der Waals surface area contributed by atoms with E-state index < -0.39 is 6.61 Å². The number of nitrogens with one attached hydrogen (secondary N) is 2. The van der Waals surface area contributed by atoms with Gasteiger partial charge in [-0.2, -0.15) is 8.78 Å². The molecule has 3 rings (SSSR count). The molecule has 1 aliphatic rings. The van der Waals surface area contributed by atoms with Crippen molar-refractivity contribution in [3.63, 3.8) is 0 Å². The molecule has 1 saturated heterocycles. The number of likely N-dealkylation sites (N-methyl/N-ethyl adjacent to an activating group) is 1. The summed E-state index contributed by atoms with van der Waals surface area (Å²) in [6.45, 7) is 5.42. The topological polar surface area (TPSA) is 52.1 Å². The van der Waals surface area contributed by atoms with Gasteiger partial charge in [0.15, 0.2) is 5.96 Å². The number of hydrogen-bond acceptors (Lipinski definition) is 4. The predicted octanol–water partition coefficient (Wildman–Crippen LogP) is 3.21. The van der Waals surface area contributed by atoms with Crippen LogP contribution in [-0.2, 0) is 19.6 Å². The van der Waals surface area contributed by atoms with Crippen molar-refractivity contribution in [2.24, 2.45) is 4.99 Å². The molecule has 1 heterocycles. The average molecular weight is 446 g/mol. The van der Waals surface area contributed by atoms with E-state index in [0.717, 1.165) is 43.9 Å². The van der Waals surface area contributed by atoms with Crippen molar-refractivity contribution < 1.29 is 13.5 Å². The van der Waals surface area contributed by atoms with Crippen LogP contribution < -0.4 is 15.4 Å². The zero-order valence-corrected chi connectivity index (χ0v) is 19.1. The van der Waals surface area contributed by atoms with Crippen LogP contribution in [0.1, 0.15) is 22.3 Å². The molecule has 0 aromatic heterocycles. The van der Waals surface area contributed by atoms with Gasteiger partial charge in [0, 0.05) is 58.4 Å². The molecule has 174 valence electrons. The highest BCUT2D eigenvalue weighted by molar-refractivity contribution is 5.79. The lowest BCUT2D eigenvalue weighted by Gasteiger charge is -2.32. The molecule has 2 aromatic carbocycles. The molecule has 0 aliphatic carbocycles. The molecule has 0 unspecified atom stereocenters. The summed E-state index contributed by atoms with van der Waals surface area (Å²) in [4.78, 5) is 9.07. The summed E-state index contributed by atoms with van der Waals surface area (Å²) >= 11 is 0. The molecule has 8 heteroatoms. The largest absolute Gasteiger partial charge is 0.434 e. The Morgan fingerprint density at radius 1 is 1.00 bits per heavy atom. The number of piperazine rings is 1. The van der Waals surface area contributed by atoms with Gasteiger partial charge in [-0.1, -0.05) is 42.0 Å². The van der Waals surface area contributed by atoms with E-state index in [2.05, 4.69) is 61.5 Å². The van der Waals surface area contributed by atoms with Crippen LogP contribution in [0, 0.1) is 6.92 Å². The molecule has 0 spiro atoms. The van der Waals surface area contributed by atoms with Crippen molar-refractivity contribution in [1.82, 2.24) is 20.4 Å². The Morgan fingerprint density at radius 2 is 1.66 bits per heavy atom. The van der Waals surface area contributed by atoms with Gasteiger partial charge in [-0.25, -0.2) is 0 Å². The molecule has 32 heavy (non-hydrogen) atoms. The van der Waals surface area contributed by atoms with Crippen LogP contribution in [0.25, 0.3) is 0 Å². The molecule has 2 N–H and O–H groups in total. The number of alkyl halides is 2. The Labute approximate surface area is 189 Å². The van der Waals surface area contributed by atoms with Gasteiger partial charge in [0.25, 0.3) is 0 Å². The van der Waals surface area contributed by atoms with Crippen molar-refractivity contribution in [3.8, 4) is 5.75 Å². The van der Waals surface area contributed by atoms with Gasteiger partial charge in [0.05, 0.1) is 0 Å². The second kappa shape index (κ2) is 11.8. The molecule has 6 nitrogen and oxygen atoms in total. The third kappa shape index (κ3) is 7.46. The Morgan fingerprint density at radius 3 is 2.31 bits per heavy atom. The normalized spacial score (nSPS) is 15.8. The number of halogens is 2. The first-order chi connectivity index (χ1) is 15.4. The van der Waals surface area contributed by atoms with Gasteiger partial charge in [-0.15, -0.1) is 0 Å². The minimum Gasteiger partial charge on any atom is -0.434 e. The molecule has 1 aliphatic heterocycles. The summed E-state index contributed by atoms with van der Waals surface area (Å²) in [5, 5.41) is 6.44. The summed E-state index contributed by atoms with van der Waals surface area (Å²) in [5.41, 5.74) is 4.09. The van der Waals surface area contributed by atoms with E-state index in [0.29, 0.717) is 24.6 Å². The summed E-state index contributed by atoms with van der Waals surface area (Å²) in [7, 11) is 3.85. The molecule has 0 bridgehead atoms. The number of aliphatic imine (C=N–C) groups is 1. The molecule has 0 amide bonds. The van der Waals surface area contributed by atoms with Crippen LogP contribution in [0.2, 0.25) is 0 Å². The second-order valence-electron chi connectivity index (χ2n) is 8.16. The minimum atomic E-state index is -2.85. The van der Waals surface area contributed by atoms with Gasteiger partial charge in [0.1, 0.15) is 5.75 Å². The average Bonchev–Trinajstić information content (AvgIpc) is 2.78. The Bertz CT molecular complexity index is 880. The van der Waals surface area contributed by atoms with Crippen molar-refractivity contribution in [1.29, 1.82) is 0 Å². The summed E-state index contributed by atoms with van der Waals surface area (Å²) in [6.07, 6.45) is 0. The van der Waals surface area contributed by atoms with E-state index in [-0.39, 0.29) is 5.75 Å². The van der Waals surface area contributed by atoms with Crippen molar-refractivity contribution in [2.75, 3.05) is 40.3 Å². The zero-order chi connectivity index (χ0) is 22.9. The number of guanidine groups is 1. The van der Waals surface area contributed by atoms with E-state index in [1.165, 1.54) is 5.56 Å². The highest BCUT2D eigenvalue weighted by Gasteiger charge is 2.14. The maximum Gasteiger partial charge on any atom is 0.387 e. The maximum atomic E-state index is 12.7. The molecular formula is C24H33F2N5O. The van der Waals surface area contributed by atoms with E-state index in [4.69, 9.17) is 0 Å². The monoisotopic (exact) mass is 445 g/mol. The molecule has 1 fully saturated rings. The Hall–Kier alpha value is -2.71. The zero-order valence-electron chi connectivity index (χ0n) is 19.1. The smallest absolute Gasteiger partial charge is 0.387 e. The van der Waals surface area contributed by atoms with Gasteiger partial charge in [-0.3, -0.25) is 9.89 Å². The lowest BCUT2D eigenvalue weighted by molar-refractivity contribution is -0.0504. The van der Waals surface area contributed by atoms with Gasteiger partial charge in [0.2, 0.25) is 0 Å². The van der Waals surface area contributed by atoms with Gasteiger partial charge >= 0.3 is 6.61 Å². The fourth-order valence-electron chi connectivity index (χ4n) is 3.67. The number of ether oxygens (including phenoxy) is 1. The fourth-order valence-corrected chi connectivity index (χ4v) is 3.67. The van der Waals surface area contributed by atoms with Crippen molar-refractivity contribution in [2.45, 2.75) is 33.2 Å². The SMILES string of the molecule is CN=C(NCc1ccc(CN2CCN(C)CC2)cc1)NCc1cc(C)ccc1OC(F)F. The van der Waals surface area contributed by atoms with Crippen molar-refractivity contribution in [3.05, 3.63) is 64.7 Å². The summed E-state index contributed by atoms with van der Waals surface area (Å²) < 4.78 is 30.0. The fraction of sp³-hybridized carbons (Fsp3) is 0.458. The van der Waals surface area contributed by atoms with Crippen LogP contribution in [0.4, 0.5) is 8.78 Å². The lowest BCUT2D eigenvalue weighted by atomic mass is 10.1. The predicted molar refractivity (Wildman–Crippen MR) is 124 cm³/mol. The number of rotatable bonds is 8. The number of benzene rings is 2. The number of hydrogen-bond donors (Lipinski definition) is 2. The van der Waals surface area contributed by atoms with E-state index in [1.54, 1.807) is 19.2 Å². The molecule has 0 atom stereocenters. The minimum absolute atomic E-state index is 0.171.